The summed E-state index contributed by atoms with van der Waals surface area (Å²) in [5.74, 6) is -0.0719. The molecular formula is C26H27F3N4O2S. The van der Waals surface area contributed by atoms with Crippen LogP contribution < -0.4 is 0 Å². The van der Waals surface area contributed by atoms with Crippen LogP contribution in [0.2, 0.25) is 0 Å². The zero-order valence-electron chi connectivity index (χ0n) is 19.9. The number of halogens is 3. The highest BCUT2D eigenvalue weighted by Gasteiger charge is 2.60. The molecule has 2 bridgehead atoms. The second kappa shape index (κ2) is 8.14. The number of fused-ring (bicyclic) bond motifs is 1. The normalized spacial score (nSPS) is 27.3. The summed E-state index contributed by atoms with van der Waals surface area (Å²) in [4.78, 5) is 4.19. The van der Waals surface area contributed by atoms with E-state index in [9.17, 15) is 21.6 Å². The predicted molar refractivity (Wildman–Crippen MR) is 129 cm³/mol. The molecule has 10 heteroatoms. The molecule has 1 saturated carbocycles. The van der Waals surface area contributed by atoms with Crippen molar-refractivity contribution in [1.82, 2.24) is 19.1 Å². The molecule has 3 aromatic rings. The molecule has 3 heterocycles. The molecule has 1 spiro atoms. The number of hydrogen-bond donors (Lipinski definition) is 0. The first kappa shape index (κ1) is 23.7. The molecule has 190 valence electrons. The van der Waals surface area contributed by atoms with E-state index in [1.165, 1.54) is 5.56 Å². The van der Waals surface area contributed by atoms with Gasteiger partial charge in [-0.1, -0.05) is 12.1 Å². The summed E-state index contributed by atoms with van der Waals surface area (Å²) in [6.45, 7) is -1.42. The molecule has 3 atom stereocenters. The van der Waals surface area contributed by atoms with Crippen LogP contribution in [0.3, 0.4) is 0 Å². The third kappa shape index (κ3) is 3.94. The van der Waals surface area contributed by atoms with Gasteiger partial charge in [-0.2, -0.15) is 22.6 Å². The van der Waals surface area contributed by atoms with Crippen LogP contribution in [0.15, 0.2) is 48.8 Å². The Bertz CT molecular complexity index is 1420. The largest absolute Gasteiger partial charge is 0.402 e. The second-order valence-corrected chi connectivity index (χ2v) is 12.5. The Hall–Kier alpha value is -2.72. The van der Waals surface area contributed by atoms with Gasteiger partial charge in [0.1, 0.15) is 6.54 Å². The maximum absolute atomic E-state index is 13.1. The Morgan fingerprint density at radius 2 is 1.81 bits per heavy atom. The van der Waals surface area contributed by atoms with E-state index >= 15 is 0 Å². The van der Waals surface area contributed by atoms with Gasteiger partial charge in [-0.15, -0.1) is 0 Å². The lowest BCUT2D eigenvalue weighted by atomic mass is 9.72. The van der Waals surface area contributed by atoms with Crippen LogP contribution >= 0.6 is 0 Å². The van der Waals surface area contributed by atoms with E-state index in [1.54, 1.807) is 12.4 Å². The number of hydrogen-bond acceptors (Lipinski definition) is 4. The van der Waals surface area contributed by atoms with Gasteiger partial charge in [0.15, 0.2) is 0 Å². The minimum absolute atomic E-state index is 0.0280. The minimum atomic E-state index is -4.54. The van der Waals surface area contributed by atoms with Crippen molar-refractivity contribution in [2.45, 2.75) is 31.9 Å². The van der Waals surface area contributed by atoms with Crippen LogP contribution in [0.5, 0.6) is 0 Å². The average Bonchev–Trinajstić information content (AvgIpc) is 3.38. The van der Waals surface area contributed by atoms with Crippen molar-refractivity contribution in [3.05, 3.63) is 59.9 Å². The van der Waals surface area contributed by atoms with Crippen molar-refractivity contribution in [2.75, 3.05) is 18.8 Å². The number of sulfonamides is 1. The molecule has 1 unspecified atom stereocenters. The highest BCUT2D eigenvalue weighted by Crippen LogP contribution is 2.57. The number of pyridine rings is 1. The maximum Gasteiger partial charge on any atom is 0.402 e. The third-order valence-electron chi connectivity index (χ3n) is 8.43. The fourth-order valence-electron chi connectivity index (χ4n) is 6.77. The standard InChI is InChI=1S/C26H27F3N4O2S/c1-32-24(19-3-2-8-30-13-19)12-23(31-32)18-5-4-17-10-21-6-7-22(11-20(17)9-18)25(21)14-33(15-26(27,28)29)36(34,35)16-25/h2-5,8-9,12-13,21-22H,6-7,10-11,14-16H2,1H3/t21-,22?,25+/m0/s1. The average molecular weight is 517 g/mol. The summed E-state index contributed by atoms with van der Waals surface area (Å²) in [6, 6.07) is 12.2. The molecule has 3 aliphatic rings. The molecule has 6 nitrogen and oxygen atoms in total. The Morgan fingerprint density at radius 3 is 2.50 bits per heavy atom. The zero-order valence-corrected chi connectivity index (χ0v) is 20.7. The molecule has 36 heavy (non-hydrogen) atoms. The van der Waals surface area contributed by atoms with E-state index in [-0.39, 0.29) is 24.1 Å². The van der Waals surface area contributed by atoms with Crippen molar-refractivity contribution in [1.29, 1.82) is 0 Å². The molecule has 1 aliphatic heterocycles. The number of aryl methyl sites for hydroxylation is 1. The SMILES string of the molecule is Cn1nc(-c2ccc3c(c2)CC2CC[C@@H](C3)[C@]23CN(CC(F)(F)F)S(=O)(=O)C3)cc1-c1cccnc1. The summed E-state index contributed by atoms with van der Waals surface area (Å²) in [7, 11) is -2.05. The quantitative estimate of drug-likeness (QED) is 0.515. The van der Waals surface area contributed by atoms with Crippen LogP contribution in [-0.2, 0) is 29.9 Å². The topological polar surface area (TPSA) is 68.1 Å². The van der Waals surface area contributed by atoms with Crippen molar-refractivity contribution in [3.63, 3.8) is 0 Å². The van der Waals surface area contributed by atoms with E-state index in [2.05, 4.69) is 17.1 Å². The van der Waals surface area contributed by atoms with E-state index in [1.807, 2.05) is 36.0 Å². The Morgan fingerprint density at radius 1 is 1.06 bits per heavy atom. The molecule has 2 fully saturated rings. The fourth-order valence-corrected chi connectivity index (χ4v) is 8.98. The first-order valence-corrected chi connectivity index (χ1v) is 13.8. The summed E-state index contributed by atoms with van der Waals surface area (Å²) < 4.78 is 67.6. The highest BCUT2D eigenvalue weighted by molar-refractivity contribution is 7.89. The minimum Gasteiger partial charge on any atom is -0.267 e. The van der Waals surface area contributed by atoms with E-state index in [4.69, 9.17) is 5.10 Å². The molecular weight excluding hydrogens is 489 g/mol. The van der Waals surface area contributed by atoms with Crippen LogP contribution in [0.4, 0.5) is 13.2 Å². The fraction of sp³-hybridized carbons (Fsp3) is 0.462. The van der Waals surface area contributed by atoms with Gasteiger partial charge in [0.25, 0.3) is 0 Å². The van der Waals surface area contributed by atoms with Crippen molar-refractivity contribution in [2.24, 2.45) is 24.3 Å². The molecule has 6 rings (SSSR count). The van der Waals surface area contributed by atoms with Crippen molar-refractivity contribution >= 4 is 10.0 Å². The Balaban J connectivity index is 1.31. The molecule has 0 radical (unpaired) electrons. The lowest BCUT2D eigenvalue weighted by molar-refractivity contribution is -0.137. The predicted octanol–water partition coefficient (Wildman–Crippen LogP) is 4.47. The molecule has 1 aromatic carbocycles. The van der Waals surface area contributed by atoms with Gasteiger partial charge >= 0.3 is 6.18 Å². The lowest BCUT2D eigenvalue weighted by Crippen LogP contribution is -2.40. The van der Waals surface area contributed by atoms with Crippen molar-refractivity contribution in [3.8, 4) is 22.5 Å². The van der Waals surface area contributed by atoms with E-state index in [0.29, 0.717) is 17.1 Å². The number of benzene rings is 1. The molecule has 2 aromatic heterocycles. The van der Waals surface area contributed by atoms with Gasteiger partial charge in [-0.3, -0.25) is 9.67 Å². The molecule has 2 aliphatic carbocycles. The van der Waals surface area contributed by atoms with Crippen LogP contribution in [0.25, 0.3) is 22.5 Å². The van der Waals surface area contributed by atoms with Gasteiger partial charge in [0, 0.05) is 42.5 Å². The second-order valence-electron chi connectivity index (χ2n) is 10.5. The summed E-state index contributed by atoms with van der Waals surface area (Å²) in [6.07, 6.45) is 2.06. The smallest absolute Gasteiger partial charge is 0.267 e. The molecule has 1 saturated heterocycles. The summed E-state index contributed by atoms with van der Waals surface area (Å²) in [5, 5.41) is 4.71. The number of alkyl halides is 3. The first-order chi connectivity index (χ1) is 17.0. The lowest BCUT2D eigenvalue weighted by Gasteiger charge is -2.33. The number of nitrogens with zero attached hydrogens (tertiary/aromatic N) is 4. The van der Waals surface area contributed by atoms with Crippen molar-refractivity contribution < 1.29 is 21.6 Å². The van der Waals surface area contributed by atoms with Crippen LogP contribution in [0, 0.1) is 17.3 Å². The van der Waals surface area contributed by atoms with E-state index in [0.717, 1.165) is 40.9 Å². The number of rotatable bonds is 3. The van der Waals surface area contributed by atoms with Gasteiger partial charge < -0.3 is 0 Å². The van der Waals surface area contributed by atoms with Gasteiger partial charge in [0.05, 0.1) is 17.1 Å². The van der Waals surface area contributed by atoms with Gasteiger partial charge in [0.2, 0.25) is 10.0 Å². The van der Waals surface area contributed by atoms with Gasteiger partial charge in [-0.05, 0) is 72.9 Å². The third-order valence-corrected chi connectivity index (χ3v) is 10.4. The monoisotopic (exact) mass is 516 g/mol. The summed E-state index contributed by atoms with van der Waals surface area (Å²) >= 11 is 0. The molecule has 0 amide bonds. The van der Waals surface area contributed by atoms with E-state index < -0.39 is 28.2 Å². The maximum atomic E-state index is 13.1. The zero-order chi connectivity index (χ0) is 25.3. The van der Waals surface area contributed by atoms with Crippen LogP contribution in [0.1, 0.15) is 24.0 Å². The summed E-state index contributed by atoms with van der Waals surface area (Å²) in [5.41, 5.74) is 5.43. The Kier molecular flexibility index (Phi) is 5.35. The van der Waals surface area contributed by atoms with Gasteiger partial charge in [-0.25, -0.2) is 8.42 Å². The first-order valence-electron chi connectivity index (χ1n) is 12.2. The number of aromatic nitrogens is 3. The molecule has 0 N–H and O–H groups in total. The van der Waals surface area contributed by atoms with Crippen LogP contribution in [-0.4, -0.2) is 52.5 Å². The highest BCUT2D eigenvalue weighted by atomic mass is 32.2. The Labute approximate surface area is 208 Å².